The van der Waals surface area contributed by atoms with Gasteiger partial charge in [-0.25, -0.2) is 4.98 Å². The Morgan fingerprint density at radius 2 is 2.07 bits per heavy atom. The first-order valence-corrected chi connectivity index (χ1v) is 9.76. The van der Waals surface area contributed by atoms with Crippen molar-refractivity contribution in [1.82, 2.24) is 14.9 Å². The number of halogens is 1. The predicted octanol–water partition coefficient (Wildman–Crippen LogP) is 3.52. The molecule has 0 radical (unpaired) electrons. The number of hydrogen-bond donors (Lipinski definition) is 1. The van der Waals surface area contributed by atoms with Gasteiger partial charge in [0, 0.05) is 19.5 Å². The van der Waals surface area contributed by atoms with Gasteiger partial charge in [-0.2, -0.15) is 0 Å². The molecule has 4 rings (SSSR count). The lowest BCUT2D eigenvalue weighted by atomic mass is 10.1. The third kappa shape index (κ3) is 3.92. The average molecular weight is 400 g/mol. The van der Waals surface area contributed by atoms with Crippen LogP contribution in [0, 0.1) is 6.92 Å². The average Bonchev–Trinajstić information content (AvgIpc) is 2.83. The van der Waals surface area contributed by atoms with Crippen molar-refractivity contribution in [2.45, 2.75) is 26.3 Å². The number of nitrogens with one attached hydrogen (secondary N) is 1. The molecule has 0 saturated carbocycles. The molecule has 1 amide bonds. The number of imidazole rings is 1. The number of rotatable bonds is 5. The standard InChI is InChI=1S/C21H22ClN3O3/c1-14-24-17-5-2-3-6-18(17)25(14)8-7-23-20(26)13-15-11-16(22)21-19(12-15)27-9-4-10-28-21/h2-3,5-6,11-12H,4,7-10,13H2,1H3,(H,23,26). The van der Waals surface area contributed by atoms with Crippen LogP contribution in [-0.2, 0) is 17.8 Å². The third-order valence-corrected chi connectivity index (χ3v) is 5.01. The number of nitrogens with zero attached hydrogens (tertiary/aromatic N) is 2. The van der Waals surface area contributed by atoms with Crippen LogP contribution in [0.4, 0.5) is 0 Å². The second kappa shape index (κ2) is 8.10. The quantitative estimate of drug-likeness (QED) is 0.713. The molecule has 0 unspecified atom stereocenters. The molecule has 1 aliphatic heterocycles. The zero-order chi connectivity index (χ0) is 19.5. The van der Waals surface area contributed by atoms with Crippen LogP contribution in [0.2, 0.25) is 5.02 Å². The molecule has 6 nitrogen and oxygen atoms in total. The Balaban J connectivity index is 1.38. The maximum Gasteiger partial charge on any atom is 0.224 e. The van der Waals surface area contributed by atoms with Gasteiger partial charge in [0.1, 0.15) is 5.82 Å². The molecule has 0 spiro atoms. The number of benzene rings is 2. The molecule has 0 fully saturated rings. The molecule has 3 aromatic rings. The molecule has 0 bridgehead atoms. The monoisotopic (exact) mass is 399 g/mol. The van der Waals surface area contributed by atoms with Crippen LogP contribution in [0.15, 0.2) is 36.4 Å². The van der Waals surface area contributed by atoms with Crippen LogP contribution < -0.4 is 14.8 Å². The molecular weight excluding hydrogens is 378 g/mol. The van der Waals surface area contributed by atoms with E-state index in [-0.39, 0.29) is 12.3 Å². The molecule has 2 heterocycles. The van der Waals surface area contributed by atoms with Gasteiger partial charge in [0.15, 0.2) is 11.5 Å². The van der Waals surface area contributed by atoms with Crippen LogP contribution in [0.3, 0.4) is 0 Å². The summed E-state index contributed by atoms with van der Waals surface area (Å²) in [7, 11) is 0. The maximum atomic E-state index is 12.4. The van der Waals surface area contributed by atoms with E-state index in [2.05, 4.69) is 14.9 Å². The lowest BCUT2D eigenvalue weighted by molar-refractivity contribution is -0.120. The van der Waals surface area contributed by atoms with Crippen molar-refractivity contribution in [3.63, 3.8) is 0 Å². The van der Waals surface area contributed by atoms with Gasteiger partial charge in [0.2, 0.25) is 5.91 Å². The molecule has 0 atom stereocenters. The van der Waals surface area contributed by atoms with Crippen LogP contribution in [0.1, 0.15) is 17.8 Å². The molecule has 0 aliphatic carbocycles. The van der Waals surface area contributed by atoms with Gasteiger partial charge in [-0.1, -0.05) is 23.7 Å². The summed E-state index contributed by atoms with van der Waals surface area (Å²) in [5, 5.41) is 3.45. The van der Waals surface area contributed by atoms with E-state index in [1.165, 1.54) is 0 Å². The van der Waals surface area contributed by atoms with E-state index < -0.39 is 0 Å². The number of hydrogen-bond acceptors (Lipinski definition) is 4. The van der Waals surface area contributed by atoms with Gasteiger partial charge in [0.25, 0.3) is 0 Å². The summed E-state index contributed by atoms with van der Waals surface area (Å²) in [6.45, 7) is 4.33. The number of para-hydroxylation sites is 2. The minimum Gasteiger partial charge on any atom is -0.489 e. The zero-order valence-corrected chi connectivity index (χ0v) is 16.5. The fourth-order valence-corrected chi connectivity index (χ4v) is 3.71. The van der Waals surface area contributed by atoms with Gasteiger partial charge in [0.05, 0.1) is 35.7 Å². The number of fused-ring (bicyclic) bond motifs is 2. The van der Waals surface area contributed by atoms with Gasteiger partial charge in [-0.05, 0) is 36.8 Å². The second-order valence-electron chi connectivity index (χ2n) is 6.78. The van der Waals surface area contributed by atoms with Crippen molar-refractivity contribution < 1.29 is 14.3 Å². The maximum absolute atomic E-state index is 12.4. The molecule has 146 valence electrons. The first kappa shape index (κ1) is 18.6. The minimum atomic E-state index is -0.0624. The zero-order valence-electron chi connectivity index (χ0n) is 15.7. The topological polar surface area (TPSA) is 65.4 Å². The van der Waals surface area contributed by atoms with Gasteiger partial charge in [-0.3, -0.25) is 4.79 Å². The van der Waals surface area contributed by atoms with Crippen LogP contribution in [0.5, 0.6) is 11.5 Å². The van der Waals surface area contributed by atoms with E-state index in [0.29, 0.717) is 42.8 Å². The number of ether oxygens (including phenoxy) is 2. The highest BCUT2D eigenvalue weighted by Crippen LogP contribution is 2.38. The first-order valence-electron chi connectivity index (χ1n) is 9.38. The number of aromatic nitrogens is 2. The Morgan fingerprint density at radius 1 is 1.25 bits per heavy atom. The summed E-state index contributed by atoms with van der Waals surface area (Å²) in [5.41, 5.74) is 2.84. The number of carbonyl (C=O) groups is 1. The predicted molar refractivity (Wildman–Crippen MR) is 108 cm³/mol. The van der Waals surface area contributed by atoms with E-state index in [4.69, 9.17) is 21.1 Å². The van der Waals surface area contributed by atoms with Crippen molar-refractivity contribution in [2.24, 2.45) is 0 Å². The normalized spacial score (nSPS) is 13.4. The molecule has 28 heavy (non-hydrogen) atoms. The van der Waals surface area contributed by atoms with Crippen LogP contribution in [-0.4, -0.2) is 35.2 Å². The van der Waals surface area contributed by atoms with E-state index in [0.717, 1.165) is 28.8 Å². The van der Waals surface area contributed by atoms with Crippen molar-refractivity contribution in [3.05, 3.63) is 52.8 Å². The number of amides is 1. The summed E-state index contributed by atoms with van der Waals surface area (Å²) in [6.07, 6.45) is 1.04. The van der Waals surface area contributed by atoms with Crippen molar-refractivity contribution in [3.8, 4) is 11.5 Å². The van der Waals surface area contributed by atoms with E-state index >= 15 is 0 Å². The first-order chi connectivity index (χ1) is 13.6. The van der Waals surface area contributed by atoms with E-state index in [9.17, 15) is 4.79 Å². The van der Waals surface area contributed by atoms with Crippen molar-refractivity contribution in [2.75, 3.05) is 19.8 Å². The summed E-state index contributed by atoms with van der Waals surface area (Å²) in [6, 6.07) is 11.6. The summed E-state index contributed by atoms with van der Waals surface area (Å²) in [5.74, 6) is 2.04. The Kier molecular flexibility index (Phi) is 5.39. The lowest BCUT2D eigenvalue weighted by Crippen LogP contribution is -2.28. The van der Waals surface area contributed by atoms with Crippen LogP contribution in [0.25, 0.3) is 11.0 Å². The van der Waals surface area contributed by atoms with E-state index in [1.54, 1.807) is 6.07 Å². The Morgan fingerprint density at radius 3 is 2.96 bits per heavy atom. The lowest BCUT2D eigenvalue weighted by Gasteiger charge is -2.12. The van der Waals surface area contributed by atoms with Gasteiger partial charge in [-0.15, -0.1) is 0 Å². The Bertz CT molecular complexity index is 1020. The fraction of sp³-hybridized carbons (Fsp3) is 0.333. The Hall–Kier alpha value is -2.73. The summed E-state index contributed by atoms with van der Waals surface area (Å²) in [4.78, 5) is 16.9. The van der Waals surface area contributed by atoms with Crippen LogP contribution >= 0.6 is 11.6 Å². The van der Waals surface area contributed by atoms with Gasteiger partial charge < -0.3 is 19.4 Å². The van der Waals surface area contributed by atoms with Gasteiger partial charge >= 0.3 is 0 Å². The largest absolute Gasteiger partial charge is 0.489 e. The fourth-order valence-electron chi connectivity index (χ4n) is 3.42. The molecule has 1 aliphatic rings. The SMILES string of the molecule is Cc1nc2ccccc2n1CCNC(=O)Cc1cc(Cl)c2c(c1)OCCCO2. The molecule has 1 N–H and O–H groups in total. The summed E-state index contributed by atoms with van der Waals surface area (Å²) >= 11 is 6.30. The molecule has 2 aromatic carbocycles. The highest BCUT2D eigenvalue weighted by atomic mass is 35.5. The van der Waals surface area contributed by atoms with E-state index in [1.807, 2.05) is 37.3 Å². The molecule has 7 heteroatoms. The smallest absolute Gasteiger partial charge is 0.224 e. The number of aryl methyl sites for hydroxylation is 1. The summed E-state index contributed by atoms with van der Waals surface area (Å²) < 4.78 is 13.4. The molecular formula is C21H22ClN3O3. The van der Waals surface area contributed by atoms with Crippen molar-refractivity contribution in [1.29, 1.82) is 0 Å². The number of carbonyl (C=O) groups excluding carboxylic acids is 1. The second-order valence-corrected chi connectivity index (χ2v) is 7.19. The highest BCUT2D eigenvalue weighted by Gasteiger charge is 2.17. The molecule has 1 aromatic heterocycles. The highest BCUT2D eigenvalue weighted by molar-refractivity contribution is 6.32. The molecule has 0 saturated heterocycles. The minimum absolute atomic E-state index is 0.0624. The third-order valence-electron chi connectivity index (χ3n) is 4.73. The Labute approximate surface area is 168 Å². The van der Waals surface area contributed by atoms with Crippen molar-refractivity contribution >= 4 is 28.5 Å².